The number of fused-ring (bicyclic) bond motifs is 1. The number of amides is 2. The average molecular weight is 565 g/mol. The van der Waals surface area contributed by atoms with E-state index >= 15 is 0 Å². The van der Waals surface area contributed by atoms with E-state index in [0.29, 0.717) is 26.9 Å². The summed E-state index contributed by atoms with van der Waals surface area (Å²) >= 11 is 7.42. The molecular formula is C24H29ClN6O4S2. The number of piperidine rings is 1. The lowest BCUT2D eigenvalue weighted by Gasteiger charge is -2.39. The summed E-state index contributed by atoms with van der Waals surface area (Å²) in [5.74, 6) is -0.406. The number of nitrogens with zero attached hydrogens (tertiary/aromatic N) is 4. The van der Waals surface area contributed by atoms with Crippen molar-refractivity contribution >= 4 is 55.7 Å². The molecule has 10 nitrogen and oxygen atoms in total. The van der Waals surface area contributed by atoms with Gasteiger partial charge in [0.2, 0.25) is 5.91 Å². The number of sulfonamides is 1. The van der Waals surface area contributed by atoms with Gasteiger partial charge >= 0.3 is 0 Å². The molecule has 13 heteroatoms. The van der Waals surface area contributed by atoms with E-state index in [2.05, 4.69) is 27.2 Å². The standard InChI is InChI=1S/C24H29ClN6O4S2/c1-26-22(32)19-14-30(37(34,35)21-12-16-11-17(25)3-4-18(16)28-21)9-10-31(19)24(33)23-27-13-20(36-23)15-5-7-29(2)8-6-15/h3-4,11-13,15,19,28H,5-10,14H2,1-2H3,(H,26,32). The van der Waals surface area contributed by atoms with E-state index in [1.807, 2.05) is 0 Å². The molecule has 2 amide bonds. The van der Waals surface area contributed by atoms with Gasteiger partial charge in [0.25, 0.3) is 15.9 Å². The van der Waals surface area contributed by atoms with Gasteiger partial charge in [0.05, 0.1) is 0 Å². The van der Waals surface area contributed by atoms with Gasteiger partial charge in [0, 0.05) is 53.7 Å². The van der Waals surface area contributed by atoms with Crippen molar-refractivity contribution in [2.75, 3.05) is 46.8 Å². The van der Waals surface area contributed by atoms with Gasteiger partial charge < -0.3 is 20.1 Å². The molecule has 1 unspecified atom stereocenters. The summed E-state index contributed by atoms with van der Waals surface area (Å²) < 4.78 is 28.2. The second-order valence-corrected chi connectivity index (χ2v) is 12.9. The van der Waals surface area contributed by atoms with Gasteiger partial charge in [-0.3, -0.25) is 9.59 Å². The van der Waals surface area contributed by atoms with Gasteiger partial charge in [-0.25, -0.2) is 13.4 Å². The summed E-state index contributed by atoms with van der Waals surface area (Å²) in [6, 6.07) is 5.64. The molecule has 2 aromatic heterocycles. The number of piperazine rings is 1. The Bertz CT molecular complexity index is 1430. The second-order valence-electron chi connectivity index (χ2n) is 9.50. The number of halogens is 1. The van der Waals surface area contributed by atoms with Crippen molar-refractivity contribution in [1.29, 1.82) is 0 Å². The van der Waals surface area contributed by atoms with Crippen molar-refractivity contribution in [1.82, 2.24) is 29.4 Å². The van der Waals surface area contributed by atoms with Crippen LogP contribution in [0.3, 0.4) is 0 Å². The fourth-order valence-electron chi connectivity index (χ4n) is 4.96. The largest absolute Gasteiger partial charge is 0.357 e. The number of benzene rings is 1. The number of hydrogen-bond donors (Lipinski definition) is 2. The van der Waals surface area contributed by atoms with Crippen molar-refractivity contribution < 1.29 is 18.0 Å². The third kappa shape index (κ3) is 5.13. The van der Waals surface area contributed by atoms with Crippen molar-refractivity contribution in [3.63, 3.8) is 0 Å². The van der Waals surface area contributed by atoms with Crippen LogP contribution < -0.4 is 5.32 Å². The second kappa shape index (κ2) is 10.3. The number of likely N-dealkylation sites (tertiary alicyclic amines) is 1. The first kappa shape index (κ1) is 26.1. The zero-order valence-corrected chi connectivity index (χ0v) is 23.0. The summed E-state index contributed by atoms with van der Waals surface area (Å²) in [5.41, 5.74) is 0.642. The normalized spacial score (nSPS) is 20.4. The lowest BCUT2D eigenvalue weighted by atomic mass is 9.96. The number of nitrogens with one attached hydrogen (secondary N) is 2. The van der Waals surface area contributed by atoms with Gasteiger partial charge in [-0.2, -0.15) is 4.31 Å². The molecule has 198 valence electrons. The minimum atomic E-state index is -3.94. The Kier molecular flexibility index (Phi) is 7.29. The highest BCUT2D eigenvalue weighted by atomic mass is 35.5. The van der Waals surface area contributed by atoms with E-state index in [0.717, 1.165) is 30.8 Å². The molecule has 2 aliphatic heterocycles. The molecular weight excluding hydrogens is 536 g/mol. The zero-order valence-electron chi connectivity index (χ0n) is 20.6. The maximum absolute atomic E-state index is 13.5. The SMILES string of the molecule is CNC(=O)C1CN(S(=O)(=O)c2cc3cc(Cl)ccc3[nH]2)CCN1C(=O)c1ncc(C2CCN(C)CC2)s1. The number of likely N-dealkylation sites (N-methyl/N-ethyl adjacent to an activating group) is 1. The number of carbonyl (C=O) groups excluding carboxylic acids is 2. The number of hydrogen-bond acceptors (Lipinski definition) is 7. The van der Waals surface area contributed by atoms with Gasteiger partial charge in [-0.05, 0) is 63.2 Å². The Hall–Kier alpha value is -2.51. The topological polar surface area (TPSA) is 119 Å². The molecule has 2 saturated heterocycles. The third-order valence-electron chi connectivity index (χ3n) is 7.16. The predicted molar refractivity (Wildman–Crippen MR) is 143 cm³/mol. The van der Waals surface area contributed by atoms with E-state index in [4.69, 9.17) is 11.6 Å². The first-order valence-corrected chi connectivity index (χ1v) is 14.8. The van der Waals surface area contributed by atoms with Gasteiger partial charge in [0.1, 0.15) is 11.1 Å². The molecule has 1 aromatic carbocycles. The first-order chi connectivity index (χ1) is 17.7. The summed E-state index contributed by atoms with van der Waals surface area (Å²) in [5, 5.41) is 4.09. The van der Waals surface area contributed by atoms with E-state index in [-0.39, 0.29) is 30.6 Å². The van der Waals surface area contributed by atoms with Crippen LogP contribution in [-0.4, -0.2) is 97.2 Å². The predicted octanol–water partition coefficient (Wildman–Crippen LogP) is 2.35. The Labute approximate surface area is 224 Å². The van der Waals surface area contributed by atoms with Crippen molar-refractivity contribution in [2.45, 2.75) is 29.8 Å². The lowest BCUT2D eigenvalue weighted by molar-refractivity contribution is -0.126. The maximum atomic E-state index is 13.5. The summed E-state index contributed by atoms with van der Waals surface area (Å²) in [6.45, 7) is 1.99. The van der Waals surface area contributed by atoms with Gasteiger partial charge in [0.15, 0.2) is 5.01 Å². The van der Waals surface area contributed by atoms with Crippen LogP contribution in [0.5, 0.6) is 0 Å². The fourth-order valence-corrected chi connectivity index (χ4v) is 7.63. The van der Waals surface area contributed by atoms with E-state index in [9.17, 15) is 18.0 Å². The fraction of sp³-hybridized carbons (Fsp3) is 0.458. The highest BCUT2D eigenvalue weighted by Gasteiger charge is 2.41. The van der Waals surface area contributed by atoms with Crippen LogP contribution in [0.15, 0.2) is 35.5 Å². The Morgan fingerprint density at radius 2 is 1.92 bits per heavy atom. The smallest absolute Gasteiger partial charge is 0.283 e. The highest BCUT2D eigenvalue weighted by molar-refractivity contribution is 7.89. The monoisotopic (exact) mass is 564 g/mol. The molecule has 2 fully saturated rings. The molecule has 0 aliphatic carbocycles. The van der Waals surface area contributed by atoms with Crippen molar-refractivity contribution in [3.8, 4) is 0 Å². The van der Waals surface area contributed by atoms with E-state index in [1.54, 1.807) is 24.4 Å². The number of aromatic nitrogens is 2. The van der Waals surface area contributed by atoms with E-state index in [1.165, 1.54) is 33.7 Å². The summed E-state index contributed by atoms with van der Waals surface area (Å²) in [4.78, 5) is 38.4. The Balaban J connectivity index is 1.35. The maximum Gasteiger partial charge on any atom is 0.283 e. The quantitative estimate of drug-likeness (QED) is 0.491. The molecule has 0 spiro atoms. The third-order valence-corrected chi connectivity index (χ3v) is 10.3. The van der Waals surface area contributed by atoms with Crippen LogP contribution in [-0.2, 0) is 14.8 Å². The molecule has 2 N–H and O–H groups in total. The molecule has 37 heavy (non-hydrogen) atoms. The van der Waals surface area contributed by atoms with Crippen LogP contribution in [0.25, 0.3) is 10.9 Å². The Morgan fingerprint density at radius 1 is 1.16 bits per heavy atom. The number of carbonyl (C=O) groups is 2. The molecule has 0 bridgehead atoms. The number of rotatable bonds is 5. The lowest BCUT2D eigenvalue weighted by Crippen LogP contribution is -2.61. The molecule has 2 aliphatic rings. The number of aromatic amines is 1. The number of H-pyrrole nitrogens is 1. The minimum Gasteiger partial charge on any atom is -0.357 e. The summed E-state index contributed by atoms with van der Waals surface area (Å²) in [6.07, 6.45) is 3.80. The van der Waals surface area contributed by atoms with Crippen LogP contribution >= 0.6 is 22.9 Å². The highest BCUT2D eigenvalue weighted by Crippen LogP contribution is 2.32. The van der Waals surface area contributed by atoms with Crippen molar-refractivity contribution in [3.05, 3.63) is 45.4 Å². The molecule has 0 radical (unpaired) electrons. The molecule has 4 heterocycles. The molecule has 5 rings (SSSR count). The first-order valence-electron chi connectivity index (χ1n) is 12.1. The van der Waals surface area contributed by atoms with Crippen LogP contribution in [0.1, 0.15) is 33.4 Å². The Morgan fingerprint density at radius 3 is 2.65 bits per heavy atom. The molecule has 0 saturated carbocycles. The zero-order chi connectivity index (χ0) is 26.3. The average Bonchev–Trinajstić information content (AvgIpc) is 3.56. The number of thiazole rings is 1. The molecule has 1 atom stereocenters. The van der Waals surface area contributed by atoms with E-state index < -0.39 is 22.0 Å². The van der Waals surface area contributed by atoms with Crippen LogP contribution in [0, 0.1) is 0 Å². The van der Waals surface area contributed by atoms with Gasteiger partial charge in [-0.1, -0.05) is 11.6 Å². The summed E-state index contributed by atoms with van der Waals surface area (Å²) in [7, 11) is -0.365. The van der Waals surface area contributed by atoms with Crippen LogP contribution in [0.2, 0.25) is 5.02 Å². The van der Waals surface area contributed by atoms with Crippen molar-refractivity contribution in [2.24, 2.45) is 0 Å². The minimum absolute atomic E-state index is 0.0166. The van der Waals surface area contributed by atoms with Gasteiger partial charge in [-0.15, -0.1) is 11.3 Å². The van der Waals surface area contributed by atoms with Crippen LogP contribution in [0.4, 0.5) is 0 Å². The molecule has 3 aromatic rings.